The lowest BCUT2D eigenvalue weighted by atomic mass is 10.2. The molecule has 8 heteroatoms. The van der Waals surface area contributed by atoms with E-state index in [9.17, 15) is 9.59 Å². The van der Waals surface area contributed by atoms with Gasteiger partial charge in [0.15, 0.2) is 5.69 Å². The number of carbonyl (C=O) groups is 2. The van der Waals surface area contributed by atoms with Gasteiger partial charge in [-0.2, -0.15) is 0 Å². The van der Waals surface area contributed by atoms with E-state index in [2.05, 4.69) is 20.4 Å². The summed E-state index contributed by atoms with van der Waals surface area (Å²) in [6.45, 7) is 3.14. The molecule has 0 saturated heterocycles. The van der Waals surface area contributed by atoms with E-state index >= 15 is 0 Å². The lowest BCUT2D eigenvalue weighted by Gasteiger charge is -2.07. The van der Waals surface area contributed by atoms with E-state index in [0.717, 1.165) is 12.8 Å². The first-order valence-electron chi connectivity index (χ1n) is 6.90. The van der Waals surface area contributed by atoms with Gasteiger partial charge < -0.3 is 14.8 Å². The second-order valence-electron chi connectivity index (χ2n) is 4.48. The topological polar surface area (TPSA) is 95.3 Å². The van der Waals surface area contributed by atoms with Crippen molar-refractivity contribution in [3.05, 3.63) is 11.4 Å². The molecule has 1 amide bonds. The second-order valence-corrected chi connectivity index (χ2v) is 4.48. The fourth-order valence-electron chi connectivity index (χ4n) is 1.84. The van der Waals surface area contributed by atoms with E-state index in [1.807, 2.05) is 6.92 Å². The first-order valence-corrected chi connectivity index (χ1v) is 6.90. The van der Waals surface area contributed by atoms with Crippen LogP contribution >= 0.6 is 0 Å². The molecule has 1 aromatic rings. The number of esters is 1. The molecule has 0 saturated carbocycles. The summed E-state index contributed by atoms with van der Waals surface area (Å²) in [5.74, 6) is -0.713. The van der Waals surface area contributed by atoms with Crippen molar-refractivity contribution in [2.75, 3.05) is 27.4 Å². The molecule has 0 aromatic carbocycles. The first-order chi connectivity index (χ1) is 10.1. The quantitative estimate of drug-likeness (QED) is 0.516. The highest BCUT2D eigenvalue weighted by atomic mass is 16.5. The lowest BCUT2D eigenvalue weighted by molar-refractivity contribution is -0.121. The van der Waals surface area contributed by atoms with Crippen LogP contribution in [0.2, 0.25) is 0 Å². The monoisotopic (exact) mass is 298 g/mol. The molecule has 118 valence electrons. The summed E-state index contributed by atoms with van der Waals surface area (Å²) in [7, 11) is 2.90. The number of methoxy groups -OCH3 is 2. The van der Waals surface area contributed by atoms with Gasteiger partial charge in [0.2, 0.25) is 5.91 Å². The van der Waals surface area contributed by atoms with Gasteiger partial charge in [-0.1, -0.05) is 18.6 Å². The zero-order chi connectivity index (χ0) is 15.7. The highest BCUT2D eigenvalue weighted by molar-refractivity contribution is 5.88. The van der Waals surface area contributed by atoms with E-state index in [-0.39, 0.29) is 18.1 Å². The number of hydrogen-bond acceptors (Lipinski definition) is 6. The smallest absolute Gasteiger partial charge is 0.360 e. The zero-order valence-corrected chi connectivity index (χ0v) is 12.7. The number of carbonyl (C=O) groups excluding carboxylic acids is 2. The molecule has 0 radical (unpaired) electrons. The number of hydrogen-bond donors (Lipinski definition) is 1. The van der Waals surface area contributed by atoms with Gasteiger partial charge in [0.25, 0.3) is 0 Å². The van der Waals surface area contributed by atoms with Gasteiger partial charge in [0.1, 0.15) is 6.54 Å². The normalized spacial score (nSPS) is 10.4. The van der Waals surface area contributed by atoms with Gasteiger partial charge in [0.05, 0.1) is 12.8 Å². The molecule has 1 aromatic heterocycles. The standard InChI is InChI=1S/C13H22N4O4/c1-4-6-10-12(13(19)21-3)15-16-17(10)9-11(18)14-7-5-8-20-2/h4-9H2,1-3H3,(H,14,18). The minimum absolute atomic E-state index is 0.0340. The van der Waals surface area contributed by atoms with Crippen LogP contribution in [0.15, 0.2) is 0 Å². The maximum absolute atomic E-state index is 11.8. The maximum Gasteiger partial charge on any atom is 0.360 e. The molecule has 0 unspecified atom stereocenters. The molecule has 21 heavy (non-hydrogen) atoms. The molecule has 0 aliphatic heterocycles. The SMILES string of the molecule is CCCc1c(C(=O)OC)nnn1CC(=O)NCCCOC. The lowest BCUT2D eigenvalue weighted by Crippen LogP contribution is -2.30. The maximum atomic E-state index is 11.8. The predicted octanol–water partition coefficient (Wildman–Crippen LogP) is 0.170. The Morgan fingerprint density at radius 1 is 1.33 bits per heavy atom. The fraction of sp³-hybridized carbons (Fsp3) is 0.692. The van der Waals surface area contributed by atoms with Crippen LogP contribution in [0.1, 0.15) is 35.9 Å². The third-order valence-electron chi connectivity index (χ3n) is 2.84. The molecule has 0 bridgehead atoms. The molecule has 0 aliphatic carbocycles. The Balaban J connectivity index is 2.67. The van der Waals surface area contributed by atoms with E-state index in [0.29, 0.717) is 25.3 Å². The number of aromatic nitrogens is 3. The number of rotatable bonds is 9. The van der Waals surface area contributed by atoms with Crippen LogP contribution in [0.25, 0.3) is 0 Å². The molecule has 0 aliphatic rings. The zero-order valence-electron chi connectivity index (χ0n) is 12.7. The van der Waals surface area contributed by atoms with Crippen LogP contribution in [0, 0.1) is 0 Å². The number of amides is 1. The van der Waals surface area contributed by atoms with Crippen molar-refractivity contribution in [1.82, 2.24) is 20.3 Å². The van der Waals surface area contributed by atoms with Gasteiger partial charge in [-0.3, -0.25) is 4.79 Å². The minimum Gasteiger partial charge on any atom is -0.464 e. The van der Waals surface area contributed by atoms with Gasteiger partial charge in [-0.25, -0.2) is 9.48 Å². The van der Waals surface area contributed by atoms with Crippen molar-refractivity contribution in [2.24, 2.45) is 0 Å². The molecule has 1 heterocycles. The Bertz CT molecular complexity index is 473. The summed E-state index contributed by atoms with van der Waals surface area (Å²) in [5.41, 5.74) is 0.794. The molecule has 0 fully saturated rings. The number of ether oxygens (including phenoxy) is 2. The van der Waals surface area contributed by atoms with Gasteiger partial charge in [0, 0.05) is 20.3 Å². The summed E-state index contributed by atoms with van der Waals surface area (Å²) >= 11 is 0. The van der Waals surface area contributed by atoms with Crippen LogP contribution in [-0.2, 0) is 27.2 Å². The summed E-state index contributed by atoms with van der Waals surface area (Å²) < 4.78 is 11.0. The van der Waals surface area contributed by atoms with Crippen molar-refractivity contribution in [1.29, 1.82) is 0 Å². The van der Waals surface area contributed by atoms with Gasteiger partial charge >= 0.3 is 5.97 Å². The van der Waals surface area contributed by atoms with Crippen molar-refractivity contribution in [3.8, 4) is 0 Å². The molecular formula is C13H22N4O4. The Labute approximate surface area is 123 Å². The molecule has 8 nitrogen and oxygen atoms in total. The minimum atomic E-state index is -0.537. The Hall–Kier alpha value is -1.96. The van der Waals surface area contributed by atoms with E-state index in [4.69, 9.17) is 4.74 Å². The summed E-state index contributed by atoms with van der Waals surface area (Å²) in [6, 6.07) is 0. The summed E-state index contributed by atoms with van der Waals surface area (Å²) in [5, 5.41) is 10.4. The average Bonchev–Trinajstić information content (AvgIpc) is 2.86. The Morgan fingerprint density at radius 2 is 2.10 bits per heavy atom. The fourth-order valence-corrected chi connectivity index (χ4v) is 1.84. The first kappa shape index (κ1) is 17.1. The van der Waals surface area contributed by atoms with Crippen molar-refractivity contribution in [2.45, 2.75) is 32.7 Å². The van der Waals surface area contributed by atoms with E-state index < -0.39 is 5.97 Å². The van der Waals surface area contributed by atoms with Gasteiger partial charge in [-0.05, 0) is 12.8 Å². The average molecular weight is 298 g/mol. The highest BCUT2D eigenvalue weighted by Crippen LogP contribution is 2.09. The number of nitrogens with one attached hydrogen (secondary N) is 1. The Kier molecular flexibility index (Phi) is 7.38. The molecule has 0 spiro atoms. The van der Waals surface area contributed by atoms with Crippen LogP contribution in [0.3, 0.4) is 0 Å². The largest absolute Gasteiger partial charge is 0.464 e. The van der Waals surface area contributed by atoms with Crippen molar-refractivity contribution < 1.29 is 19.1 Å². The molecule has 1 rings (SSSR count). The van der Waals surface area contributed by atoms with Crippen LogP contribution < -0.4 is 5.32 Å². The third kappa shape index (κ3) is 5.14. The molecular weight excluding hydrogens is 276 g/mol. The summed E-state index contributed by atoms with van der Waals surface area (Å²) in [4.78, 5) is 23.4. The third-order valence-corrected chi connectivity index (χ3v) is 2.84. The van der Waals surface area contributed by atoms with Gasteiger partial charge in [-0.15, -0.1) is 5.10 Å². The van der Waals surface area contributed by atoms with Crippen LogP contribution in [0.5, 0.6) is 0 Å². The van der Waals surface area contributed by atoms with E-state index in [1.165, 1.54) is 11.8 Å². The molecule has 0 atom stereocenters. The second kappa shape index (κ2) is 9.06. The van der Waals surface area contributed by atoms with Crippen LogP contribution in [-0.4, -0.2) is 54.2 Å². The van der Waals surface area contributed by atoms with Crippen LogP contribution in [0.4, 0.5) is 0 Å². The predicted molar refractivity (Wildman–Crippen MR) is 74.9 cm³/mol. The highest BCUT2D eigenvalue weighted by Gasteiger charge is 2.20. The Morgan fingerprint density at radius 3 is 2.71 bits per heavy atom. The van der Waals surface area contributed by atoms with Crippen molar-refractivity contribution >= 4 is 11.9 Å². The number of nitrogens with zero attached hydrogens (tertiary/aromatic N) is 3. The van der Waals surface area contributed by atoms with E-state index in [1.54, 1.807) is 7.11 Å². The van der Waals surface area contributed by atoms with Crippen molar-refractivity contribution in [3.63, 3.8) is 0 Å². The summed E-state index contributed by atoms with van der Waals surface area (Å²) in [6.07, 6.45) is 2.16. The molecule has 1 N–H and O–H groups in total.